The maximum absolute atomic E-state index is 13.0. The molecule has 23 heavy (non-hydrogen) atoms. The van der Waals surface area contributed by atoms with E-state index in [2.05, 4.69) is 16.6 Å². The third-order valence-electron chi connectivity index (χ3n) is 5.09. The van der Waals surface area contributed by atoms with E-state index in [4.69, 9.17) is 5.73 Å². The third-order valence-corrected chi connectivity index (χ3v) is 6.70. The van der Waals surface area contributed by atoms with Crippen LogP contribution < -0.4 is 10.5 Å². The predicted octanol–water partition coefficient (Wildman–Crippen LogP) is 2.42. The Morgan fingerprint density at radius 3 is 2.91 bits per heavy atom. The number of hydrogen-bond acceptors (Lipinski definition) is 4. The average Bonchev–Trinajstić information content (AvgIpc) is 2.56. The van der Waals surface area contributed by atoms with Crippen molar-refractivity contribution in [1.82, 2.24) is 9.71 Å². The molecule has 0 spiro atoms. The van der Waals surface area contributed by atoms with Crippen molar-refractivity contribution in [3.05, 3.63) is 36.7 Å². The van der Waals surface area contributed by atoms with Gasteiger partial charge in [-0.2, -0.15) is 0 Å². The highest BCUT2D eigenvalue weighted by Crippen LogP contribution is 2.35. The zero-order chi connectivity index (χ0) is 16.5. The second-order valence-electron chi connectivity index (χ2n) is 6.47. The summed E-state index contributed by atoms with van der Waals surface area (Å²) in [5.41, 5.74) is 5.44. The quantitative estimate of drug-likeness (QED) is 0.900. The Hall–Kier alpha value is -1.50. The smallest absolute Gasteiger partial charge is 0.241 e. The van der Waals surface area contributed by atoms with Gasteiger partial charge in [-0.1, -0.05) is 31.9 Å². The Bertz CT molecular complexity index is 801. The van der Waals surface area contributed by atoms with Gasteiger partial charge >= 0.3 is 0 Å². The lowest BCUT2D eigenvalue weighted by Crippen LogP contribution is -2.58. The molecule has 0 bridgehead atoms. The number of sulfonamides is 1. The molecule has 2 atom stereocenters. The Kier molecular flexibility index (Phi) is 4.40. The number of hydrogen-bond donors (Lipinski definition) is 2. The molecule has 0 saturated heterocycles. The number of rotatable bonds is 4. The van der Waals surface area contributed by atoms with Gasteiger partial charge in [-0.15, -0.1) is 0 Å². The molecular formula is C17H23N3O2S. The minimum atomic E-state index is -3.65. The van der Waals surface area contributed by atoms with E-state index in [-0.39, 0.29) is 5.92 Å². The normalized spacial score (nSPS) is 25.6. The van der Waals surface area contributed by atoms with Crippen molar-refractivity contribution >= 4 is 20.8 Å². The van der Waals surface area contributed by atoms with Crippen LogP contribution >= 0.6 is 0 Å². The maximum atomic E-state index is 13.0. The van der Waals surface area contributed by atoms with E-state index in [0.717, 1.165) is 31.1 Å². The number of aromatic nitrogens is 1. The molecule has 1 fully saturated rings. The van der Waals surface area contributed by atoms with Gasteiger partial charge in [0.05, 0.1) is 4.90 Å². The minimum Gasteiger partial charge on any atom is -0.329 e. The molecule has 1 aromatic heterocycles. The van der Waals surface area contributed by atoms with Gasteiger partial charge in [-0.05, 0) is 30.9 Å². The first-order chi connectivity index (χ1) is 11.0. The molecule has 3 rings (SSSR count). The minimum absolute atomic E-state index is 0.229. The van der Waals surface area contributed by atoms with Crippen LogP contribution in [0.1, 0.15) is 32.6 Å². The van der Waals surface area contributed by atoms with Crippen molar-refractivity contribution in [2.24, 2.45) is 11.7 Å². The summed E-state index contributed by atoms with van der Waals surface area (Å²) in [5.74, 6) is 0.229. The van der Waals surface area contributed by atoms with E-state index in [1.807, 2.05) is 6.07 Å². The van der Waals surface area contributed by atoms with Crippen LogP contribution in [0.5, 0.6) is 0 Å². The standard InChI is InChI=1S/C17H23N3O2S/c1-13-5-2-3-9-17(13,12-18)20-23(21,22)16-7-4-6-14-11-19-10-8-15(14)16/h4,6-8,10-11,13,20H,2-3,5,9,12,18H2,1H3. The number of benzene rings is 1. The molecule has 1 aromatic carbocycles. The first-order valence-corrected chi connectivity index (χ1v) is 9.54. The van der Waals surface area contributed by atoms with Crippen molar-refractivity contribution in [3.8, 4) is 0 Å². The summed E-state index contributed by atoms with van der Waals surface area (Å²) >= 11 is 0. The molecule has 1 aliphatic carbocycles. The molecule has 1 aliphatic rings. The van der Waals surface area contributed by atoms with Crippen LogP contribution in [0.15, 0.2) is 41.6 Å². The number of nitrogens with two attached hydrogens (primary N) is 1. The van der Waals surface area contributed by atoms with Crippen LogP contribution in [0, 0.1) is 5.92 Å². The summed E-state index contributed by atoms with van der Waals surface area (Å²) in [6.45, 7) is 2.40. The van der Waals surface area contributed by atoms with Crippen LogP contribution in [0.25, 0.3) is 10.8 Å². The van der Waals surface area contributed by atoms with Gasteiger partial charge in [0.15, 0.2) is 0 Å². The summed E-state index contributed by atoms with van der Waals surface area (Å²) in [6.07, 6.45) is 7.21. The molecule has 0 radical (unpaired) electrons. The van der Waals surface area contributed by atoms with Gasteiger partial charge in [-0.3, -0.25) is 4.98 Å². The maximum Gasteiger partial charge on any atom is 0.241 e. The van der Waals surface area contributed by atoms with Crippen molar-refractivity contribution in [2.45, 2.75) is 43.0 Å². The molecule has 3 N–H and O–H groups in total. The van der Waals surface area contributed by atoms with E-state index in [9.17, 15) is 8.42 Å². The molecule has 124 valence electrons. The summed E-state index contributed by atoms with van der Waals surface area (Å²) in [6, 6.07) is 6.99. The Morgan fingerprint density at radius 1 is 1.35 bits per heavy atom. The van der Waals surface area contributed by atoms with E-state index in [1.165, 1.54) is 0 Å². The first-order valence-electron chi connectivity index (χ1n) is 8.05. The van der Waals surface area contributed by atoms with Crippen LogP contribution in [0.2, 0.25) is 0 Å². The van der Waals surface area contributed by atoms with Gasteiger partial charge in [0, 0.05) is 35.2 Å². The summed E-state index contributed by atoms with van der Waals surface area (Å²) in [7, 11) is -3.65. The van der Waals surface area contributed by atoms with Crippen molar-refractivity contribution in [2.75, 3.05) is 6.54 Å². The third kappa shape index (κ3) is 2.98. The zero-order valence-corrected chi connectivity index (χ0v) is 14.1. The lowest BCUT2D eigenvalue weighted by Gasteiger charge is -2.42. The molecule has 0 aliphatic heterocycles. The van der Waals surface area contributed by atoms with Crippen molar-refractivity contribution < 1.29 is 8.42 Å². The number of fused-ring (bicyclic) bond motifs is 1. The largest absolute Gasteiger partial charge is 0.329 e. The summed E-state index contributed by atoms with van der Waals surface area (Å²) < 4.78 is 29.0. The first kappa shape index (κ1) is 16.4. The zero-order valence-electron chi connectivity index (χ0n) is 13.3. The summed E-state index contributed by atoms with van der Waals surface area (Å²) in [4.78, 5) is 4.35. The molecule has 2 aromatic rings. The van der Waals surface area contributed by atoms with Crippen LogP contribution in [-0.2, 0) is 10.0 Å². The van der Waals surface area contributed by atoms with Crippen LogP contribution in [0.4, 0.5) is 0 Å². The topological polar surface area (TPSA) is 85.1 Å². The molecule has 0 amide bonds. The van der Waals surface area contributed by atoms with Crippen LogP contribution in [0.3, 0.4) is 0 Å². The highest BCUT2D eigenvalue weighted by atomic mass is 32.2. The SMILES string of the molecule is CC1CCCCC1(CN)NS(=O)(=O)c1cccc2cnccc12. The second kappa shape index (κ2) is 6.19. The van der Waals surface area contributed by atoms with Crippen LogP contribution in [-0.4, -0.2) is 25.5 Å². The van der Waals surface area contributed by atoms with Gasteiger partial charge in [-0.25, -0.2) is 13.1 Å². The van der Waals surface area contributed by atoms with E-state index in [0.29, 0.717) is 16.8 Å². The lowest BCUT2D eigenvalue weighted by molar-refractivity contribution is 0.191. The Morgan fingerprint density at radius 2 is 2.17 bits per heavy atom. The van der Waals surface area contributed by atoms with Gasteiger partial charge in [0.2, 0.25) is 10.0 Å². The Balaban J connectivity index is 2.04. The molecule has 5 nitrogen and oxygen atoms in total. The highest BCUT2D eigenvalue weighted by Gasteiger charge is 2.40. The fraction of sp³-hybridized carbons (Fsp3) is 0.471. The molecule has 1 saturated carbocycles. The highest BCUT2D eigenvalue weighted by molar-refractivity contribution is 7.89. The summed E-state index contributed by atoms with van der Waals surface area (Å²) in [5, 5.41) is 1.50. The van der Waals surface area contributed by atoms with E-state index < -0.39 is 15.6 Å². The molecular weight excluding hydrogens is 310 g/mol. The van der Waals surface area contributed by atoms with Gasteiger partial charge in [0.1, 0.15) is 0 Å². The van der Waals surface area contributed by atoms with Gasteiger partial charge < -0.3 is 5.73 Å². The number of nitrogens with zero attached hydrogens (tertiary/aromatic N) is 1. The molecule has 6 heteroatoms. The van der Waals surface area contributed by atoms with Gasteiger partial charge in [0.25, 0.3) is 0 Å². The molecule has 2 unspecified atom stereocenters. The van der Waals surface area contributed by atoms with E-state index in [1.54, 1.807) is 30.6 Å². The van der Waals surface area contributed by atoms with Crippen molar-refractivity contribution in [1.29, 1.82) is 0 Å². The van der Waals surface area contributed by atoms with Crippen molar-refractivity contribution in [3.63, 3.8) is 0 Å². The fourth-order valence-electron chi connectivity index (χ4n) is 3.56. The fourth-order valence-corrected chi connectivity index (χ4v) is 5.32. The number of pyridine rings is 1. The lowest BCUT2D eigenvalue weighted by atomic mass is 9.74. The predicted molar refractivity (Wildman–Crippen MR) is 91.5 cm³/mol. The Labute approximate surface area is 137 Å². The number of nitrogens with one attached hydrogen (secondary N) is 1. The van der Waals surface area contributed by atoms with E-state index >= 15 is 0 Å². The monoisotopic (exact) mass is 333 g/mol. The second-order valence-corrected chi connectivity index (χ2v) is 8.12. The molecule has 1 heterocycles. The average molecular weight is 333 g/mol.